The molecule has 0 saturated heterocycles. The summed E-state index contributed by atoms with van der Waals surface area (Å²) in [6.45, 7) is 1.21. The maximum absolute atomic E-state index is 12.3. The molecule has 0 aliphatic heterocycles. The van der Waals surface area contributed by atoms with Crippen LogP contribution < -0.4 is 10.9 Å². The highest BCUT2D eigenvalue weighted by molar-refractivity contribution is 5.83. The molecule has 0 aliphatic carbocycles. The average Bonchev–Trinajstić information content (AvgIpc) is 2.82. The number of aryl methyl sites for hydroxylation is 1. The molecule has 9 heteroatoms. The van der Waals surface area contributed by atoms with Crippen molar-refractivity contribution in [3.05, 3.63) is 22.9 Å². The van der Waals surface area contributed by atoms with Crippen LogP contribution in [0.25, 0.3) is 11.0 Å². The van der Waals surface area contributed by atoms with E-state index in [1.54, 1.807) is 7.05 Å². The number of methoxy groups -OCH3 is 1. The van der Waals surface area contributed by atoms with Gasteiger partial charge in [0.1, 0.15) is 17.8 Å². The first kappa shape index (κ1) is 14.7. The largest absolute Gasteiger partial charge is 0.467 e. The molecule has 0 aromatic carbocycles. The number of rotatable bonds is 4. The minimum Gasteiger partial charge on any atom is -0.467 e. The molecule has 1 N–H and O–H groups in total. The minimum absolute atomic E-state index is 0.0665. The molecule has 9 nitrogen and oxygen atoms in total. The second-order valence-electron chi connectivity index (χ2n) is 4.48. The molecular formula is C12H15N5O4. The molecule has 0 radical (unpaired) electrons. The van der Waals surface area contributed by atoms with Crippen LogP contribution in [0, 0.1) is 0 Å². The van der Waals surface area contributed by atoms with E-state index in [1.807, 2.05) is 0 Å². The number of amides is 1. The van der Waals surface area contributed by atoms with Crippen LogP contribution in [0.15, 0.2) is 17.3 Å². The number of carbonyl (C=O) groups is 2. The highest BCUT2D eigenvalue weighted by atomic mass is 16.5. The van der Waals surface area contributed by atoms with Crippen LogP contribution in [0.4, 0.5) is 0 Å². The van der Waals surface area contributed by atoms with E-state index in [0.29, 0.717) is 11.0 Å². The number of esters is 1. The van der Waals surface area contributed by atoms with Gasteiger partial charge < -0.3 is 10.1 Å². The lowest BCUT2D eigenvalue weighted by molar-refractivity contribution is -0.145. The molecule has 21 heavy (non-hydrogen) atoms. The summed E-state index contributed by atoms with van der Waals surface area (Å²) in [6.07, 6.45) is 2.72. The zero-order valence-electron chi connectivity index (χ0n) is 11.9. The fourth-order valence-electron chi connectivity index (χ4n) is 1.96. The first-order valence-corrected chi connectivity index (χ1v) is 6.16. The van der Waals surface area contributed by atoms with Crippen molar-refractivity contribution in [2.45, 2.75) is 19.5 Å². The first-order valence-electron chi connectivity index (χ1n) is 6.16. The fourth-order valence-corrected chi connectivity index (χ4v) is 1.96. The molecule has 0 aliphatic rings. The Hall–Kier alpha value is -2.71. The number of nitrogens with zero attached hydrogens (tertiary/aromatic N) is 4. The van der Waals surface area contributed by atoms with E-state index in [9.17, 15) is 14.4 Å². The van der Waals surface area contributed by atoms with Gasteiger partial charge in [-0.2, -0.15) is 5.10 Å². The summed E-state index contributed by atoms with van der Waals surface area (Å²) in [7, 11) is 2.89. The summed E-state index contributed by atoms with van der Waals surface area (Å²) in [5, 5.41) is 6.73. The topological polar surface area (TPSA) is 108 Å². The van der Waals surface area contributed by atoms with Crippen LogP contribution in [0.5, 0.6) is 0 Å². The fraction of sp³-hybridized carbons (Fsp3) is 0.417. The van der Waals surface area contributed by atoms with Crippen LogP contribution in [0.1, 0.15) is 6.92 Å². The number of hydrogen-bond acceptors (Lipinski definition) is 6. The molecule has 0 spiro atoms. The number of fused-ring (bicyclic) bond motifs is 1. The lowest BCUT2D eigenvalue weighted by atomic mass is 10.3. The Balaban J connectivity index is 2.36. The van der Waals surface area contributed by atoms with Gasteiger partial charge in [0.05, 0.1) is 19.9 Å². The predicted octanol–water partition coefficient (Wildman–Crippen LogP) is -1.19. The lowest BCUT2D eigenvalue weighted by Gasteiger charge is -2.16. The summed E-state index contributed by atoms with van der Waals surface area (Å²) >= 11 is 0. The predicted molar refractivity (Wildman–Crippen MR) is 72.4 cm³/mol. The number of nitrogens with one attached hydrogen (secondary N) is 1. The van der Waals surface area contributed by atoms with Crippen LogP contribution in [0.3, 0.4) is 0 Å². The van der Waals surface area contributed by atoms with Crippen LogP contribution in [0.2, 0.25) is 0 Å². The smallest absolute Gasteiger partial charge is 0.330 e. The molecule has 1 amide bonds. The van der Waals surface area contributed by atoms with E-state index in [4.69, 9.17) is 0 Å². The molecule has 0 saturated carbocycles. The zero-order chi connectivity index (χ0) is 15.6. The standard InChI is InChI=1S/C12H15N5O4/c1-7(18)15-9(12(20)21-3)5-17-6-13-10-8(11(17)19)4-14-16(10)2/h4,6,9H,5H2,1-3H3,(H,15,18). The Morgan fingerprint density at radius 1 is 1.48 bits per heavy atom. The molecular weight excluding hydrogens is 278 g/mol. The summed E-state index contributed by atoms with van der Waals surface area (Å²) in [4.78, 5) is 39.2. The van der Waals surface area contributed by atoms with Crippen molar-refractivity contribution in [2.75, 3.05) is 7.11 Å². The number of ether oxygens (including phenoxy) is 1. The SMILES string of the molecule is COC(=O)C(Cn1cnc2c(cnn2C)c1=O)NC(C)=O. The van der Waals surface area contributed by atoms with Crippen molar-refractivity contribution in [1.82, 2.24) is 24.6 Å². The molecule has 0 fully saturated rings. The quantitative estimate of drug-likeness (QED) is 0.710. The second-order valence-corrected chi connectivity index (χ2v) is 4.48. The maximum atomic E-state index is 12.3. The van der Waals surface area contributed by atoms with Gasteiger partial charge in [-0.3, -0.25) is 18.8 Å². The van der Waals surface area contributed by atoms with E-state index >= 15 is 0 Å². The summed E-state index contributed by atoms with van der Waals surface area (Å²) in [6, 6.07) is -0.957. The number of carbonyl (C=O) groups excluding carboxylic acids is 2. The normalized spacial score (nSPS) is 12.1. The average molecular weight is 293 g/mol. The van der Waals surface area contributed by atoms with E-state index in [0.717, 1.165) is 0 Å². The molecule has 2 aromatic heterocycles. The van der Waals surface area contributed by atoms with Gasteiger partial charge >= 0.3 is 5.97 Å². The van der Waals surface area contributed by atoms with Gasteiger partial charge in [0.15, 0.2) is 5.65 Å². The van der Waals surface area contributed by atoms with E-state index < -0.39 is 17.9 Å². The second kappa shape index (κ2) is 5.73. The van der Waals surface area contributed by atoms with Crippen molar-refractivity contribution < 1.29 is 14.3 Å². The van der Waals surface area contributed by atoms with Gasteiger partial charge in [-0.15, -0.1) is 0 Å². The monoisotopic (exact) mass is 293 g/mol. The Labute approximate surface area is 119 Å². The Bertz CT molecular complexity index is 748. The van der Waals surface area contributed by atoms with Crippen molar-refractivity contribution in [3.8, 4) is 0 Å². The van der Waals surface area contributed by atoms with Gasteiger partial charge in [-0.25, -0.2) is 9.78 Å². The molecule has 2 rings (SSSR count). The first-order chi connectivity index (χ1) is 9.93. The van der Waals surface area contributed by atoms with Crippen molar-refractivity contribution in [2.24, 2.45) is 7.05 Å². The third-order valence-corrected chi connectivity index (χ3v) is 2.96. The van der Waals surface area contributed by atoms with E-state index in [2.05, 4.69) is 20.1 Å². The van der Waals surface area contributed by atoms with E-state index in [-0.39, 0.29) is 12.1 Å². The van der Waals surface area contributed by atoms with Crippen molar-refractivity contribution in [3.63, 3.8) is 0 Å². The summed E-state index contributed by atoms with van der Waals surface area (Å²) in [5.74, 6) is -1.03. The Kier molecular flexibility index (Phi) is 4.01. The van der Waals surface area contributed by atoms with Gasteiger partial charge in [0, 0.05) is 14.0 Å². The molecule has 1 atom stereocenters. The van der Waals surface area contributed by atoms with Crippen molar-refractivity contribution >= 4 is 22.9 Å². The van der Waals surface area contributed by atoms with Crippen LogP contribution in [-0.2, 0) is 27.9 Å². The molecule has 2 aromatic rings. The Morgan fingerprint density at radius 3 is 2.81 bits per heavy atom. The maximum Gasteiger partial charge on any atom is 0.330 e. The molecule has 2 heterocycles. The molecule has 1 unspecified atom stereocenters. The third-order valence-electron chi connectivity index (χ3n) is 2.96. The van der Waals surface area contributed by atoms with Gasteiger partial charge in [-0.1, -0.05) is 0 Å². The minimum atomic E-state index is -0.957. The summed E-state index contributed by atoms with van der Waals surface area (Å²) < 4.78 is 7.33. The number of hydrogen-bond donors (Lipinski definition) is 1. The lowest BCUT2D eigenvalue weighted by Crippen LogP contribution is -2.45. The van der Waals surface area contributed by atoms with Crippen molar-refractivity contribution in [1.29, 1.82) is 0 Å². The molecule has 0 bridgehead atoms. The summed E-state index contributed by atoms with van der Waals surface area (Å²) in [5.41, 5.74) is 0.109. The highest BCUT2D eigenvalue weighted by Gasteiger charge is 2.22. The van der Waals surface area contributed by atoms with Gasteiger partial charge in [-0.05, 0) is 0 Å². The number of aromatic nitrogens is 4. The van der Waals surface area contributed by atoms with Crippen LogP contribution in [-0.4, -0.2) is 44.4 Å². The highest BCUT2D eigenvalue weighted by Crippen LogP contribution is 2.03. The van der Waals surface area contributed by atoms with Gasteiger partial charge in [0.25, 0.3) is 5.56 Å². The molecule has 112 valence electrons. The van der Waals surface area contributed by atoms with E-state index in [1.165, 1.54) is 35.8 Å². The van der Waals surface area contributed by atoms with Gasteiger partial charge in [0.2, 0.25) is 5.91 Å². The Morgan fingerprint density at radius 2 is 2.19 bits per heavy atom. The third kappa shape index (κ3) is 2.91. The van der Waals surface area contributed by atoms with Crippen LogP contribution >= 0.6 is 0 Å². The zero-order valence-corrected chi connectivity index (χ0v) is 11.9.